The van der Waals surface area contributed by atoms with Crippen molar-refractivity contribution in [3.8, 4) is 5.75 Å². The van der Waals surface area contributed by atoms with Crippen LogP contribution in [0, 0.1) is 6.92 Å². The van der Waals surface area contributed by atoms with Crippen LogP contribution in [0.2, 0.25) is 5.02 Å². The summed E-state index contributed by atoms with van der Waals surface area (Å²) >= 11 is 5.95. The Morgan fingerprint density at radius 3 is 2.39 bits per heavy atom. The molecule has 3 aromatic carbocycles. The highest BCUT2D eigenvalue weighted by atomic mass is 35.5. The molecule has 1 N–H and O–H groups in total. The first kappa shape index (κ1) is 20.0. The molecule has 0 aliphatic carbocycles. The number of carbonyl (C=O) groups excluding carboxylic acids is 1. The summed E-state index contributed by atoms with van der Waals surface area (Å²) < 4.78 is 5.54. The van der Waals surface area contributed by atoms with Gasteiger partial charge in [0.2, 0.25) is 0 Å². The topological polar surface area (TPSA) is 38.3 Å². The Bertz CT molecular complexity index is 920. The van der Waals surface area contributed by atoms with E-state index in [-0.39, 0.29) is 11.8 Å². The van der Waals surface area contributed by atoms with Crippen LogP contribution >= 0.6 is 11.6 Å². The van der Waals surface area contributed by atoms with Gasteiger partial charge in [-0.2, -0.15) is 0 Å². The molecule has 4 heteroatoms. The van der Waals surface area contributed by atoms with Crippen LogP contribution in [0.1, 0.15) is 40.9 Å². The van der Waals surface area contributed by atoms with Crippen LogP contribution in [-0.4, -0.2) is 12.4 Å². The normalized spacial score (nSPS) is 11.7. The van der Waals surface area contributed by atoms with E-state index in [0.717, 1.165) is 17.0 Å². The highest BCUT2D eigenvalue weighted by Gasteiger charge is 2.18. The van der Waals surface area contributed by atoms with Gasteiger partial charge in [0.1, 0.15) is 5.75 Å². The number of carbonyl (C=O) groups is 1. The third-order valence-corrected chi connectivity index (χ3v) is 4.76. The highest BCUT2D eigenvalue weighted by molar-refractivity contribution is 6.30. The van der Waals surface area contributed by atoms with Crippen molar-refractivity contribution in [1.29, 1.82) is 0 Å². The molecule has 0 aromatic heterocycles. The number of nitrogens with one attached hydrogen (secondary N) is 1. The van der Waals surface area contributed by atoms with Crippen LogP contribution in [-0.2, 0) is 0 Å². The van der Waals surface area contributed by atoms with Gasteiger partial charge in [-0.1, -0.05) is 35.9 Å². The van der Waals surface area contributed by atoms with Crippen LogP contribution in [0.15, 0.2) is 72.8 Å². The molecule has 1 atom stereocenters. The molecule has 0 bridgehead atoms. The van der Waals surface area contributed by atoms with E-state index in [0.29, 0.717) is 23.6 Å². The van der Waals surface area contributed by atoms with Gasteiger partial charge in [-0.05, 0) is 73.5 Å². The maximum atomic E-state index is 12.9. The molecular formula is C24H24ClNO2. The first-order chi connectivity index (χ1) is 13.5. The molecule has 0 aliphatic heterocycles. The second-order valence-corrected chi connectivity index (χ2v) is 7.14. The first-order valence-corrected chi connectivity index (χ1v) is 9.77. The van der Waals surface area contributed by atoms with Crippen LogP contribution in [0.4, 0.5) is 5.69 Å². The summed E-state index contributed by atoms with van der Waals surface area (Å²) in [7, 11) is 0. The zero-order valence-corrected chi connectivity index (χ0v) is 16.9. The number of ketones is 1. The average Bonchev–Trinajstić information content (AvgIpc) is 2.69. The van der Waals surface area contributed by atoms with Crippen molar-refractivity contribution in [2.45, 2.75) is 26.3 Å². The second kappa shape index (κ2) is 9.43. The van der Waals surface area contributed by atoms with E-state index in [1.807, 2.05) is 43.3 Å². The van der Waals surface area contributed by atoms with E-state index < -0.39 is 0 Å². The van der Waals surface area contributed by atoms with Crippen LogP contribution in [0.3, 0.4) is 0 Å². The smallest absolute Gasteiger partial charge is 0.165 e. The molecule has 0 saturated carbocycles. The Morgan fingerprint density at radius 2 is 1.75 bits per heavy atom. The first-order valence-electron chi connectivity index (χ1n) is 9.40. The van der Waals surface area contributed by atoms with E-state index in [1.165, 1.54) is 5.56 Å². The van der Waals surface area contributed by atoms with Gasteiger partial charge in [0.05, 0.1) is 12.6 Å². The molecule has 28 heavy (non-hydrogen) atoms. The number of benzene rings is 3. The third-order valence-electron chi connectivity index (χ3n) is 4.51. The molecule has 0 radical (unpaired) electrons. The zero-order valence-electron chi connectivity index (χ0n) is 16.1. The highest BCUT2D eigenvalue weighted by Crippen LogP contribution is 2.27. The van der Waals surface area contributed by atoms with Gasteiger partial charge in [-0.15, -0.1) is 0 Å². The Kier molecular flexibility index (Phi) is 6.72. The number of Topliss-reactive ketones (excluding diaryl/α,β-unsaturated/α-hetero) is 1. The predicted molar refractivity (Wildman–Crippen MR) is 116 cm³/mol. The Hall–Kier alpha value is -2.78. The minimum atomic E-state index is -0.152. The fourth-order valence-electron chi connectivity index (χ4n) is 3.09. The van der Waals surface area contributed by atoms with Crippen molar-refractivity contribution < 1.29 is 9.53 Å². The Balaban J connectivity index is 1.84. The van der Waals surface area contributed by atoms with Crippen molar-refractivity contribution in [3.63, 3.8) is 0 Å². The summed E-state index contributed by atoms with van der Waals surface area (Å²) in [6, 6.07) is 22.9. The van der Waals surface area contributed by atoms with Gasteiger partial charge < -0.3 is 10.1 Å². The van der Waals surface area contributed by atoms with Gasteiger partial charge in [0.15, 0.2) is 5.78 Å². The molecule has 3 nitrogen and oxygen atoms in total. The van der Waals surface area contributed by atoms with E-state index in [9.17, 15) is 4.79 Å². The predicted octanol–water partition coefficient (Wildman–Crippen LogP) is 6.47. The Labute approximate surface area is 171 Å². The molecule has 0 amide bonds. The molecular weight excluding hydrogens is 370 g/mol. The van der Waals surface area contributed by atoms with Gasteiger partial charge in [-0.3, -0.25) is 4.79 Å². The van der Waals surface area contributed by atoms with Gasteiger partial charge in [0, 0.05) is 22.7 Å². The molecule has 3 aromatic rings. The van der Waals surface area contributed by atoms with Crippen molar-refractivity contribution >= 4 is 23.1 Å². The average molecular weight is 394 g/mol. The van der Waals surface area contributed by atoms with Crippen molar-refractivity contribution in [2.24, 2.45) is 0 Å². The zero-order chi connectivity index (χ0) is 19.9. The number of aryl methyl sites for hydroxylation is 1. The minimum Gasteiger partial charge on any atom is -0.494 e. The fourth-order valence-corrected chi connectivity index (χ4v) is 3.22. The summed E-state index contributed by atoms with van der Waals surface area (Å²) in [6.07, 6.45) is 0.337. The van der Waals surface area contributed by atoms with Crippen LogP contribution in [0.25, 0.3) is 0 Å². The fraction of sp³-hybridized carbons (Fsp3) is 0.208. The van der Waals surface area contributed by atoms with E-state index >= 15 is 0 Å². The summed E-state index contributed by atoms with van der Waals surface area (Å²) in [4.78, 5) is 12.9. The van der Waals surface area contributed by atoms with Crippen molar-refractivity contribution in [2.75, 3.05) is 11.9 Å². The maximum Gasteiger partial charge on any atom is 0.165 e. The third kappa shape index (κ3) is 5.37. The van der Waals surface area contributed by atoms with Gasteiger partial charge >= 0.3 is 0 Å². The molecule has 1 unspecified atom stereocenters. The number of rotatable bonds is 8. The molecule has 0 heterocycles. The number of ether oxygens (including phenoxy) is 1. The Morgan fingerprint density at radius 1 is 1.04 bits per heavy atom. The van der Waals surface area contributed by atoms with E-state index in [2.05, 4.69) is 24.4 Å². The lowest BCUT2D eigenvalue weighted by molar-refractivity contribution is 0.0976. The molecule has 3 rings (SSSR count). The molecule has 0 spiro atoms. The lowest BCUT2D eigenvalue weighted by Gasteiger charge is -2.21. The van der Waals surface area contributed by atoms with E-state index in [1.54, 1.807) is 24.3 Å². The lowest BCUT2D eigenvalue weighted by atomic mass is 9.97. The standard InChI is InChI=1S/C24H24ClNO2/c1-3-28-22-13-9-18(10-14-22)23(26-21-6-4-5-17(2)15-21)16-24(27)19-7-11-20(25)12-8-19/h4-15,23,26H,3,16H2,1-2H3. The van der Waals surface area contributed by atoms with Gasteiger partial charge in [0.25, 0.3) is 0 Å². The number of halogens is 1. The van der Waals surface area contributed by atoms with Crippen LogP contribution in [0.5, 0.6) is 5.75 Å². The number of anilines is 1. The summed E-state index contributed by atoms with van der Waals surface area (Å²) in [5, 5.41) is 4.13. The molecule has 144 valence electrons. The summed E-state index contributed by atoms with van der Waals surface area (Å²) in [5.74, 6) is 0.889. The SMILES string of the molecule is CCOc1ccc(C(CC(=O)c2ccc(Cl)cc2)Nc2cccc(C)c2)cc1. The monoisotopic (exact) mass is 393 g/mol. The van der Waals surface area contributed by atoms with Gasteiger partial charge in [-0.25, -0.2) is 0 Å². The van der Waals surface area contributed by atoms with Crippen molar-refractivity contribution in [1.82, 2.24) is 0 Å². The summed E-state index contributed by atoms with van der Waals surface area (Å²) in [5.41, 5.74) is 3.85. The quantitative estimate of drug-likeness (QED) is 0.445. The molecule has 0 fully saturated rings. The molecule has 0 saturated heterocycles. The second-order valence-electron chi connectivity index (χ2n) is 6.70. The molecule has 0 aliphatic rings. The minimum absolute atomic E-state index is 0.0655. The lowest BCUT2D eigenvalue weighted by Crippen LogP contribution is -2.16. The summed E-state index contributed by atoms with van der Waals surface area (Å²) in [6.45, 7) is 4.64. The van der Waals surface area contributed by atoms with Crippen molar-refractivity contribution in [3.05, 3.63) is 94.5 Å². The maximum absolute atomic E-state index is 12.9. The van der Waals surface area contributed by atoms with E-state index in [4.69, 9.17) is 16.3 Å². The number of hydrogen-bond acceptors (Lipinski definition) is 3. The van der Waals surface area contributed by atoms with Crippen LogP contribution < -0.4 is 10.1 Å². The number of hydrogen-bond donors (Lipinski definition) is 1. The largest absolute Gasteiger partial charge is 0.494 e.